The number of methoxy groups -OCH3 is 1. The first-order chi connectivity index (χ1) is 14.4. The van der Waals surface area contributed by atoms with Gasteiger partial charge in [0.2, 0.25) is 0 Å². The number of nitrogens with zero attached hydrogens (tertiary/aromatic N) is 5. The van der Waals surface area contributed by atoms with Gasteiger partial charge in [-0.1, -0.05) is 19.1 Å². The lowest BCUT2D eigenvalue weighted by Crippen LogP contribution is -2.51. The molecular weight excluding hydrogens is 376 g/mol. The van der Waals surface area contributed by atoms with Crippen LogP contribution in [0.4, 0.5) is 0 Å². The van der Waals surface area contributed by atoms with E-state index in [1.165, 1.54) is 11.3 Å². The van der Waals surface area contributed by atoms with Crippen LogP contribution in [0.15, 0.2) is 46.9 Å². The van der Waals surface area contributed by atoms with Gasteiger partial charge in [-0.15, -0.1) is 0 Å². The molecule has 0 spiro atoms. The van der Waals surface area contributed by atoms with Gasteiger partial charge < -0.3 is 15.4 Å². The van der Waals surface area contributed by atoms with Gasteiger partial charge in [0.1, 0.15) is 0 Å². The Morgan fingerprint density at radius 3 is 2.67 bits per heavy atom. The minimum absolute atomic E-state index is 0.161. The van der Waals surface area contributed by atoms with E-state index in [0.717, 1.165) is 50.3 Å². The van der Waals surface area contributed by atoms with Crippen molar-refractivity contribution >= 4 is 11.8 Å². The predicted molar refractivity (Wildman–Crippen MR) is 123 cm³/mol. The monoisotopic (exact) mass is 412 g/mol. The number of hydrogen-bond acceptors (Lipinski definition) is 6. The summed E-state index contributed by atoms with van der Waals surface area (Å²) in [6.45, 7) is 9.07. The van der Waals surface area contributed by atoms with Crippen LogP contribution in [0.2, 0.25) is 0 Å². The highest BCUT2D eigenvalue weighted by Gasteiger charge is 2.35. The van der Waals surface area contributed by atoms with Crippen molar-refractivity contribution in [2.75, 3.05) is 46.9 Å². The van der Waals surface area contributed by atoms with E-state index in [9.17, 15) is 0 Å². The van der Waals surface area contributed by atoms with Gasteiger partial charge in [0.25, 0.3) is 0 Å². The Balaban J connectivity index is 1.77. The molecule has 1 aromatic heterocycles. The molecule has 0 bridgehead atoms. The lowest BCUT2D eigenvalue weighted by atomic mass is 9.84. The van der Waals surface area contributed by atoms with E-state index in [4.69, 9.17) is 10.5 Å². The third kappa shape index (κ3) is 5.09. The van der Waals surface area contributed by atoms with Crippen LogP contribution < -0.4 is 5.73 Å². The van der Waals surface area contributed by atoms with Gasteiger partial charge in [-0.3, -0.25) is 14.6 Å². The van der Waals surface area contributed by atoms with E-state index in [-0.39, 0.29) is 6.10 Å². The molecule has 1 aliphatic heterocycles. The molecular formula is C23H36N6O. The Bertz CT molecular complexity index is 840. The summed E-state index contributed by atoms with van der Waals surface area (Å²) >= 11 is 0. The molecule has 0 radical (unpaired) electrons. The number of allylic oxidation sites excluding steroid dienone is 2. The highest BCUT2D eigenvalue weighted by Crippen LogP contribution is 2.35. The van der Waals surface area contributed by atoms with Crippen molar-refractivity contribution in [3.8, 4) is 0 Å². The Kier molecular flexibility index (Phi) is 7.28. The van der Waals surface area contributed by atoms with Crippen LogP contribution in [0.5, 0.6) is 0 Å². The molecule has 1 saturated heterocycles. The van der Waals surface area contributed by atoms with Crippen molar-refractivity contribution in [2.45, 2.75) is 31.9 Å². The van der Waals surface area contributed by atoms with E-state index >= 15 is 0 Å². The molecule has 0 saturated carbocycles. The van der Waals surface area contributed by atoms with E-state index in [1.807, 2.05) is 44.3 Å². The number of aryl methyl sites for hydroxylation is 1. The maximum atomic E-state index is 6.57. The van der Waals surface area contributed by atoms with Crippen LogP contribution in [0.25, 0.3) is 5.57 Å². The van der Waals surface area contributed by atoms with Gasteiger partial charge in [0.05, 0.1) is 17.8 Å². The second kappa shape index (κ2) is 9.73. The number of piperazine rings is 1. The molecule has 2 heterocycles. The predicted octanol–water partition coefficient (Wildman–Crippen LogP) is 2.09. The van der Waals surface area contributed by atoms with Crippen LogP contribution in [-0.2, 0) is 11.8 Å². The molecule has 2 N–H and O–H groups in total. The molecule has 164 valence electrons. The van der Waals surface area contributed by atoms with Crippen LogP contribution in [0.1, 0.15) is 25.8 Å². The number of hydrogen-bond donors (Lipinski definition) is 1. The maximum absolute atomic E-state index is 6.57. The van der Waals surface area contributed by atoms with Gasteiger partial charge in [-0.05, 0) is 25.0 Å². The van der Waals surface area contributed by atoms with Crippen molar-refractivity contribution in [3.63, 3.8) is 0 Å². The lowest BCUT2D eigenvalue weighted by Gasteiger charge is -2.42. The summed E-state index contributed by atoms with van der Waals surface area (Å²) in [5.74, 6) is 0. The third-order valence-electron chi connectivity index (χ3n) is 5.80. The SMILES string of the molecule is CC/C=C(\C=N/C)CN1CCN(C2=CC(OC)[C@](C)(N)C=C2c2cnn(C)c2)CC1. The highest BCUT2D eigenvalue weighted by atomic mass is 16.5. The summed E-state index contributed by atoms with van der Waals surface area (Å²) in [6.07, 6.45) is 13.4. The van der Waals surface area contributed by atoms with Crippen molar-refractivity contribution in [1.82, 2.24) is 19.6 Å². The Labute approximate surface area is 180 Å². The lowest BCUT2D eigenvalue weighted by molar-refractivity contribution is 0.0926. The summed E-state index contributed by atoms with van der Waals surface area (Å²) in [7, 11) is 5.50. The molecule has 2 atom stereocenters. The molecule has 2 aliphatic rings. The first-order valence-electron chi connectivity index (χ1n) is 10.7. The summed E-state index contributed by atoms with van der Waals surface area (Å²) in [6, 6.07) is 0. The minimum atomic E-state index is -0.565. The zero-order chi connectivity index (χ0) is 21.7. The molecule has 0 amide bonds. The standard InChI is InChI=1S/C23H36N6O/c1-6-7-18(14-25-3)16-28-8-10-29(11-9-28)21-12-22(30-5)23(2,24)13-20(21)19-15-26-27(4)17-19/h7,12-15,17,22H,6,8-11,16,24H2,1-5H3/b18-7+,25-14-/t22?,23-/m1/s1. The van der Waals surface area contributed by atoms with Crippen LogP contribution in [0, 0.1) is 0 Å². The van der Waals surface area contributed by atoms with Crippen molar-refractivity contribution in [3.05, 3.63) is 47.5 Å². The zero-order valence-corrected chi connectivity index (χ0v) is 19.0. The van der Waals surface area contributed by atoms with Crippen molar-refractivity contribution < 1.29 is 4.74 Å². The van der Waals surface area contributed by atoms with Crippen LogP contribution in [-0.4, -0.2) is 84.3 Å². The van der Waals surface area contributed by atoms with E-state index in [0.29, 0.717) is 0 Å². The molecule has 1 aromatic rings. The number of aromatic nitrogens is 2. The third-order valence-corrected chi connectivity index (χ3v) is 5.80. The maximum Gasteiger partial charge on any atom is 0.0987 e. The van der Waals surface area contributed by atoms with Gasteiger partial charge in [-0.2, -0.15) is 5.10 Å². The number of rotatable bonds is 7. The van der Waals surface area contributed by atoms with E-state index in [1.54, 1.807) is 7.11 Å². The zero-order valence-electron chi connectivity index (χ0n) is 19.0. The Hall–Kier alpha value is -2.22. The average Bonchev–Trinajstić information content (AvgIpc) is 3.14. The van der Waals surface area contributed by atoms with Gasteiger partial charge >= 0.3 is 0 Å². The average molecular weight is 413 g/mol. The fourth-order valence-electron chi connectivity index (χ4n) is 4.26. The first kappa shape index (κ1) is 22.5. The molecule has 3 rings (SSSR count). The van der Waals surface area contributed by atoms with Gasteiger partial charge in [-0.25, -0.2) is 0 Å². The number of ether oxygens (including phenoxy) is 1. The molecule has 1 fully saturated rings. The van der Waals surface area contributed by atoms with Crippen molar-refractivity contribution in [1.29, 1.82) is 0 Å². The summed E-state index contributed by atoms with van der Waals surface area (Å²) < 4.78 is 7.55. The fraction of sp³-hybridized carbons (Fsp3) is 0.565. The van der Waals surface area contributed by atoms with Gasteiger partial charge in [0, 0.05) is 83.2 Å². The van der Waals surface area contributed by atoms with Gasteiger partial charge in [0.15, 0.2) is 0 Å². The molecule has 1 unspecified atom stereocenters. The van der Waals surface area contributed by atoms with Crippen LogP contribution in [0.3, 0.4) is 0 Å². The second-order valence-corrected chi connectivity index (χ2v) is 8.37. The molecule has 30 heavy (non-hydrogen) atoms. The summed E-state index contributed by atoms with van der Waals surface area (Å²) in [5, 5.41) is 4.37. The van der Waals surface area contributed by atoms with Crippen molar-refractivity contribution in [2.24, 2.45) is 17.8 Å². The summed E-state index contributed by atoms with van der Waals surface area (Å²) in [4.78, 5) is 9.15. The largest absolute Gasteiger partial charge is 0.375 e. The molecule has 7 heteroatoms. The van der Waals surface area contributed by atoms with E-state index < -0.39 is 5.54 Å². The fourth-order valence-corrected chi connectivity index (χ4v) is 4.26. The highest BCUT2D eigenvalue weighted by molar-refractivity contribution is 5.81. The number of aliphatic imine (C=N–C) groups is 1. The molecule has 0 aromatic carbocycles. The minimum Gasteiger partial charge on any atom is -0.375 e. The topological polar surface area (TPSA) is 71.9 Å². The number of nitrogens with two attached hydrogens (primary N) is 1. The Morgan fingerprint density at radius 1 is 1.37 bits per heavy atom. The Morgan fingerprint density at radius 2 is 2.10 bits per heavy atom. The summed E-state index contributed by atoms with van der Waals surface area (Å²) in [5.41, 5.74) is 10.7. The molecule has 7 nitrogen and oxygen atoms in total. The smallest absolute Gasteiger partial charge is 0.0987 e. The quantitative estimate of drug-likeness (QED) is 0.695. The molecule has 1 aliphatic carbocycles. The van der Waals surface area contributed by atoms with Crippen LogP contribution >= 0.6 is 0 Å². The first-order valence-corrected chi connectivity index (χ1v) is 10.7. The van der Waals surface area contributed by atoms with E-state index in [2.05, 4.69) is 45.0 Å². The normalized spacial score (nSPS) is 26.3. The second-order valence-electron chi connectivity index (χ2n) is 8.37.